The minimum absolute atomic E-state index is 0.454. The van der Waals surface area contributed by atoms with Crippen LogP contribution >= 0.6 is 0 Å². The van der Waals surface area contributed by atoms with Crippen LogP contribution in [0.25, 0.3) is 11.1 Å². The molecule has 4 aromatic carbocycles. The van der Waals surface area contributed by atoms with Crippen LogP contribution in [-0.4, -0.2) is 39.6 Å². The molecule has 0 saturated carbocycles. The van der Waals surface area contributed by atoms with Crippen LogP contribution in [0, 0.1) is 37.5 Å². The van der Waals surface area contributed by atoms with Crippen LogP contribution in [0.3, 0.4) is 0 Å². The highest BCUT2D eigenvalue weighted by molar-refractivity contribution is 5.86. The molecule has 2 atom stereocenters. The normalized spacial score (nSPS) is 18.3. The van der Waals surface area contributed by atoms with Crippen molar-refractivity contribution in [3.8, 4) is 22.6 Å². The summed E-state index contributed by atoms with van der Waals surface area (Å²) < 4.78 is 23.9. The van der Waals surface area contributed by atoms with Gasteiger partial charge in [0.05, 0.1) is 45.1 Å². The second kappa shape index (κ2) is 12.7. The largest absolute Gasteiger partial charge is 0.493 e. The van der Waals surface area contributed by atoms with Gasteiger partial charge >= 0.3 is 0 Å². The Kier molecular flexibility index (Phi) is 8.46. The summed E-state index contributed by atoms with van der Waals surface area (Å²) in [5, 5.41) is 0. The number of rotatable bonds is 12. The second-order valence-electron chi connectivity index (χ2n) is 13.4. The summed E-state index contributed by atoms with van der Waals surface area (Å²) in [5.74, 6) is 4.20. The number of benzene rings is 4. The fraction of sp³-hybridized carbons (Fsp3) is 0.415. The van der Waals surface area contributed by atoms with E-state index in [-0.39, 0.29) is 0 Å². The first kappa shape index (κ1) is 30.1. The van der Waals surface area contributed by atoms with Gasteiger partial charge < -0.3 is 18.9 Å². The predicted octanol–water partition coefficient (Wildman–Crippen LogP) is 8.77. The predicted molar refractivity (Wildman–Crippen MR) is 180 cm³/mol. The Balaban J connectivity index is 1.28. The van der Waals surface area contributed by atoms with Crippen molar-refractivity contribution in [1.82, 2.24) is 0 Å². The summed E-state index contributed by atoms with van der Waals surface area (Å²) >= 11 is 0. The highest BCUT2D eigenvalue weighted by atomic mass is 16.5. The van der Waals surface area contributed by atoms with Crippen LogP contribution < -0.4 is 9.47 Å². The van der Waals surface area contributed by atoms with Gasteiger partial charge in [0, 0.05) is 11.8 Å². The molecule has 2 aliphatic heterocycles. The molecule has 7 rings (SSSR count). The summed E-state index contributed by atoms with van der Waals surface area (Å²) in [6.45, 7) is 13.8. The number of hydrogen-bond acceptors (Lipinski definition) is 4. The van der Waals surface area contributed by atoms with Crippen LogP contribution in [0.4, 0.5) is 0 Å². The third kappa shape index (κ3) is 5.26. The maximum atomic E-state index is 6.48. The molecule has 4 heteroatoms. The lowest BCUT2D eigenvalue weighted by atomic mass is 9.67. The molecule has 1 aliphatic carbocycles. The van der Waals surface area contributed by atoms with Gasteiger partial charge in [0.1, 0.15) is 11.5 Å². The van der Waals surface area contributed by atoms with Gasteiger partial charge in [0.15, 0.2) is 0 Å². The summed E-state index contributed by atoms with van der Waals surface area (Å²) in [6.07, 6.45) is 2.21. The van der Waals surface area contributed by atoms with Gasteiger partial charge in [-0.2, -0.15) is 0 Å². The maximum absolute atomic E-state index is 6.48. The van der Waals surface area contributed by atoms with E-state index in [1.54, 1.807) is 0 Å². The lowest BCUT2D eigenvalue weighted by molar-refractivity contribution is -0.0694. The quantitative estimate of drug-likeness (QED) is 0.143. The van der Waals surface area contributed by atoms with Gasteiger partial charge in [0.2, 0.25) is 0 Å². The van der Waals surface area contributed by atoms with E-state index in [0.717, 1.165) is 75.1 Å². The molecular formula is C41H46O4. The Bertz CT molecular complexity index is 1530. The number of hydrogen-bond donors (Lipinski definition) is 0. The van der Waals surface area contributed by atoms with Gasteiger partial charge in [-0.1, -0.05) is 86.6 Å². The van der Waals surface area contributed by atoms with Crippen LogP contribution in [-0.2, 0) is 14.9 Å². The van der Waals surface area contributed by atoms with Crippen molar-refractivity contribution < 1.29 is 18.9 Å². The molecule has 234 valence electrons. The summed E-state index contributed by atoms with van der Waals surface area (Å²) in [5.41, 5.74) is 9.62. The van der Waals surface area contributed by atoms with Crippen molar-refractivity contribution in [3.63, 3.8) is 0 Å². The Morgan fingerprint density at radius 2 is 1.04 bits per heavy atom. The van der Waals surface area contributed by atoms with Crippen LogP contribution in [0.2, 0.25) is 0 Å². The first-order valence-corrected chi connectivity index (χ1v) is 16.9. The summed E-state index contributed by atoms with van der Waals surface area (Å²) in [7, 11) is 0. The minimum atomic E-state index is -0.454. The van der Waals surface area contributed by atoms with Gasteiger partial charge in [0.25, 0.3) is 0 Å². The van der Waals surface area contributed by atoms with Gasteiger partial charge in [-0.25, -0.2) is 0 Å². The summed E-state index contributed by atoms with van der Waals surface area (Å²) in [4.78, 5) is 0. The van der Waals surface area contributed by atoms with Crippen molar-refractivity contribution in [2.75, 3.05) is 39.6 Å². The van der Waals surface area contributed by atoms with E-state index in [0.29, 0.717) is 23.7 Å². The Hall–Kier alpha value is -3.60. The van der Waals surface area contributed by atoms with E-state index in [9.17, 15) is 0 Å². The fourth-order valence-electron chi connectivity index (χ4n) is 7.73. The van der Waals surface area contributed by atoms with Crippen molar-refractivity contribution in [2.45, 2.75) is 46.0 Å². The van der Waals surface area contributed by atoms with E-state index in [1.165, 1.54) is 33.4 Å². The minimum Gasteiger partial charge on any atom is -0.493 e. The molecule has 0 amide bonds. The van der Waals surface area contributed by atoms with Crippen LogP contribution in [0.5, 0.6) is 11.5 Å². The molecule has 0 aromatic heterocycles. The average molecular weight is 603 g/mol. The molecule has 2 unspecified atom stereocenters. The van der Waals surface area contributed by atoms with Crippen molar-refractivity contribution in [1.29, 1.82) is 0 Å². The molecule has 2 heterocycles. The average Bonchev–Trinajstić information content (AvgIpc) is 3.31. The molecule has 2 fully saturated rings. The zero-order chi connectivity index (χ0) is 31.0. The molecule has 0 spiro atoms. The first-order chi connectivity index (χ1) is 22.0. The van der Waals surface area contributed by atoms with E-state index in [1.807, 2.05) is 0 Å². The van der Waals surface area contributed by atoms with Gasteiger partial charge in [-0.15, -0.1) is 0 Å². The third-order valence-electron chi connectivity index (χ3n) is 10.8. The fourth-order valence-corrected chi connectivity index (χ4v) is 7.73. The number of aryl methyl sites for hydroxylation is 2. The van der Waals surface area contributed by atoms with Crippen molar-refractivity contribution in [2.24, 2.45) is 23.7 Å². The van der Waals surface area contributed by atoms with Gasteiger partial charge in [-0.3, -0.25) is 0 Å². The molecule has 0 radical (unpaired) electrons. The standard InChI is InChI=1S/C41H46O4/c1-5-29(31-21-42-22-31)25-44-39-17-15-33(19-27(39)3)41(37-13-9-7-11-35(37)36-12-8-10-14-38(36)41)34-16-18-40(28(4)20-34)45-26-30(6-2)32-23-43-24-32/h7-20,29-32H,5-6,21-26H2,1-4H3. The SMILES string of the molecule is CCC(COc1ccc(C2(c3ccc(OCC(CC)C4COC4)c(C)c3)c3ccccc3-c3ccccc32)cc1C)C1COC1. The topological polar surface area (TPSA) is 36.9 Å². The number of fused-ring (bicyclic) bond motifs is 3. The van der Waals surface area contributed by atoms with E-state index < -0.39 is 5.41 Å². The monoisotopic (exact) mass is 602 g/mol. The van der Waals surface area contributed by atoms with Crippen LogP contribution in [0.1, 0.15) is 60.1 Å². The molecular weight excluding hydrogens is 556 g/mol. The lowest BCUT2D eigenvalue weighted by Crippen LogP contribution is -2.37. The second-order valence-corrected chi connectivity index (χ2v) is 13.4. The molecule has 45 heavy (non-hydrogen) atoms. The number of ether oxygens (including phenoxy) is 4. The first-order valence-electron chi connectivity index (χ1n) is 16.9. The van der Waals surface area contributed by atoms with Crippen molar-refractivity contribution >= 4 is 0 Å². The molecule has 0 N–H and O–H groups in total. The zero-order valence-corrected chi connectivity index (χ0v) is 27.2. The highest BCUT2D eigenvalue weighted by Gasteiger charge is 2.46. The smallest absolute Gasteiger partial charge is 0.122 e. The van der Waals surface area contributed by atoms with E-state index >= 15 is 0 Å². The lowest BCUT2D eigenvalue weighted by Gasteiger charge is -2.35. The Labute approximate surface area is 268 Å². The van der Waals surface area contributed by atoms with Crippen molar-refractivity contribution in [3.05, 3.63) is 118 Å². The zero-order valence-electron chi connectivity index (χ0n) is 27.2. The molecule has 3 aliphatic rings. The Morgan fingerprint density at radius 3 is 1.40 bits per heavy atom. The molecule has 2 saturated heterocycles. The van der Waals surface area contributed by atoms with Crippen LogP contribution in [0.15, 0.2) is 84.9 Å². The third-order valence-corrected chi connectivity index (χ3v) is 10.8. The highest BCUT2D eigenvalue weighted by Crippen LogP contribution is 2.56. The Morgan fingerprint density at radius 1 is 0.622 bits per heavy atom. The maximum Gasteiger partial charge on any atom is 0.122 e. The summed E-state index contributed by atoms with van der Waals surface area (Å²) in [6, 6.07) is 31.5. The molecule has 4 aromatic rings. The molecule has 4 nitrogen and oxygen atoms in total. The van der Waals surface area contributed by atoms with E-state index in [2.05, 4.69) is 113 Å². The van der Waals surface area contributed by atoms with E-state index in [4.69, 9.17) is 18.9 Å². The van der Waals surface area contributed by atoms with Gasteiger partial charge in [-0.05, 0) is 95.2 Å². The molecule has 0 bridgehead atoms.